The summed E-state index contributed by atoms with van der Waals surface area (Å²) in [6.45, 7) is 2.48. The minimum absolute atomic E-state index is 0.0173. The van der Waals surface area contributed by atoms with E-state index in [0.717, 1.165) is 0 Å². The number of aromatic nitrogens is 1. The van der Waals surface area contributed by atoms with Crippen molar-refractivity contribution in [3.63, 3.8) is 0 Å². The highest BCUT2D eigenvalue weighted by Crippen LogP contribution is 2.31. The number of anilines is 3. The van der Waals surface area contributed by atoms with Crippen LogP contribution in [0.1, 0.15) is 0 Å². The molecule has 0 unspecified atom stereocenters. The minimum atomic E-state index is -4.19. The van der Waals surface area contributed by atoms with Crippen molar-refractivity contribution in [3.05, 3.63) is 71.9 Å². The zero-order valence-electron chi connectivity index (χ0n) is 18.7. The molecule has 0 saturated carbocycles. The van der Waals surface area contributed by atoms with Crippen molar-refractivity contribution < 1.29 is 26.0 Å². The molecule has 0 aliphatic carbocycles. The number of hydrogen-bond acceptors (Lipinski definition) is 8. The van der Waals surface area contributed by atoms with Gasteiger partial charge in [-0.05, 0) is 36.4 Å². The summed E-state index contributed by atoms with van der Waals surface area (Å²) in [5.41, 5.74) is 0.318. The van der Waals surface area contributed by atoms with Gasteiger partial charge in [-0.3, -0.25) is 9.44 Å². The van der Waals surface area contributed by atoms with E-state index in [-0.39, 0.29) is 26.4 Å². The predicted molar refractivity (Wildman–Crippen MR) is 137 cm³/mol. The van der Waals surface area contributed by atoms with Crippen LogP contribution >= 0.6 is 11.6 Å². The van der Waals surface area contributed by atoms with Crippen molar-refractivity contribution in [1.82, 2.24) is 4.98 Å². The smallest absolute Gasteiger partial charge is 0.295 e. The van der Waals surface area contributed by atoms with E-state index in [4.69, 9.17) is 20.8 Å². The van der Waals surface area contributed by atoms with Crippen molar-refractivity contribution >= 4 is 59.8 Å². The average molecular weight is 549 g/mol. The standard InChI is InChI=1S/C23H21ClN4O6S2/c24-17-5-7-19(20(14-17)27-36(31,32)23-13-16-3-1-2-4-21(16)34-23)26-35(29,30)18-6-8-22(25-15-18)28-9-11-33-12-10-28/h1-8,13-15,26-27H,9-12H2. The molecule has 36 heavy (non-hydrogen) atoms. The monoisotopic (exact) mass is 548 g/mol. The summed E-state index contributed by atoms with van der Waals surface area (Å²) in [5.74, 6) is 0.642. The Morgan fingerprint density at radius 1 is 0.861 bits per heavy atom. The van der Waals surface area contributed by atoms with Crippen molar-refractivity contribution in [3.8, 4) is 0 Å². The van der Waals surface area contributed by atoms with Crippen LogP contribution in [-0.2, 0) is 24.8 Å². The van der Waals surface area contributed by atoms with E-state index >= 15 is 0 Å². The second kappa shape index (κ2) is 9.62. The number of furan rings is 1. The van der Waals surface area contributed by atoms with E-state index in [0.29, 0.717) is 43.1 Å². The van der Waals surface area contributed by atoms with Gasteiger partial charge in [0.1, 0.15) is 16.3 Å². The quantitative estimate of drug-likeness (QED) is 0.355. The third-order valence-electron chi connectivity index (χ3n) is 5.50. The first-order chi connectivity index (χ1) is 17.2. The molecule has 1 fully saturated rings. The highest BCUT2D eigenvalue weighted by Gasteiger charge is 2.24. The molecule has 2 aromatic carbocycles. The van der Waals surface area contributed by atoms with Crippen LogP contribution in [0.4, 0.5) is 17.2 Å². The Morgan fingerprint density at radius 3 is 2.33 bits per heavy atom. The zero-order valence-corrected chi connectivity index (χ0v) is 21.1. The lowest BCUT2D eigenvalue weighted by molar-refractivity contribution is 0.122. The largest absolute Gasteiger partial charge is 0.443 e. The fraction of sp³-hybridized carbons (Fsp3) is 0.174. The van der Waals surface area contributed by atoms with Crippen molar-refractivity contribution in [2.75, 3.05) is 40.6 Å². The number of benzene rings is 2. The van der Waals surface area contributed by atoms with Gasteiger partial charge in [0.15, 0.2) is 0 Å². The molecule has 2 aromatic heterocycles. The van der Waals surface area contributed by atoms with Gasteiger partial charge < -0.3 is 14.1 Å². The van der Waals surface area contributed by atoms with E-state index in [1.54, 1.807) is 30.3 Å². The summed E-state index contributed by atoms with van der Waals surface area (Å²) in [7, 11) is -8.28. The van der Waals surface area contributed by atoms with E-state index in [1.807, 2.05) is 4.90 Å². The molecule has 1 aliphatic rings. The summed E-state index contributed by atoms with van der Waals surface area (Å²) in [6, 6.07) is 15.4. The summed E-state index contributed by atoms with van der Waals surface area (Å²) < 4.78 is 67.7. The van der Waals surface area contributed by atoms with Crippen molar-refractivity contribution in [2.45, 2.75) is 9.99 Å². The van der Waals surface area contributed by atoms with Crippen molar-refractivity contribution in [2.24, 2.45) is 0 Å². The Bertz CT molecular complexity index is 1580. The number of nitrogens with one attached hydrogen (secondary N) is 2. The number of rotatable bonds is 7. The van der Waals surface area contributed by atoms with E-state index in [2.05, 4.69) is 14.4 Å². The van der Waals surface area contributed by atoms with E-state index < -0.39 is 20.0 Å². The summed E-state index contributed by atoms with van der Waals surface area (Å²) >= 11 is 6.08. The number of sulfonamides is 2. The molecule has 0 radical (unpaired) electrons. The second-order valence-corrected chi connectivity index (χ2v) is 11.7. The van der Waals surface area contributed by atoms with Crippen LogP contribution in [-0.4, -0.2) is 48.1 Å². The molecule has 0 atom stereocenters. The molecule has 0 bridgehead atoms. The minimum Gasteiger partial charge on any atom is -0.443 e. The average Bonchev–Trinajstić information content (AvgIpc) is 3.32. The maximum Gasteiger partial charge on any atom is 0.295 e. The first-order valence-electron chi connectivity index (χ1n) is 10.8. The van der Waals surface area contributed by atoms with Crippen LogP contribution in [0.5, 0.6) is 0 Å². The lowest BCUT2D eigenvalue weighted by Crippen LogP contribution is -2.36. The Hall–Kier alpha value is -3.32. The van der Waals surface area contributed by atoms with Gasteiger partial charge >= 0.3 is 0 Å². The second-order valence-electron chi connectivity index (χ2n) is 7.96. The molecule has 0 spiro atoms. The predicted octanol–water partition coefficient (Wildman–Crippen LogP) is 3.92. The van der Waals surface area contributed by atoms with Gasteiger partial charge in [0.25, 0.3) is 20.0 Å². The molecule has 5 rings (SSSR count). The Labute approximate surface area is 212 Å². The number of nitrogens with zero attached hydrogens (tertiary/aromatic N) is 2. The van der Waals surface area contributed by atoms with Crippen LogP contribution < -0.4 is 14.3 Å². The Kier molecular flexibility index (Phi) is 6.51. The van der Waals surface area contributed by atoms with Crippen LogP contribution in [0.2, 0.25) is 5.02 Å². The van der Waals surface area contributed by atoms with Gasteiger partial charge in [-0.25, -0.2) is 13.4 Å². The normalized spacial score (nSPS) is 14.6. The van der Waals surface area contributed by atoms with E-state index in [1.165, 1.54) is 36.5 Å². The molecule has 2 N–H and O–H groups in total. The van der Waals surface area contributed by atoms with Gasteiger partial charge in [-0.2, -0.15) is 8.42 Å². The Morgan fingerprint density at radius 2 is 1.61 bits per heavy atom. The van der Waals surface area contributed by atoms with Gasteiger partial charge in [0.2, 0.25) is 5.09 Å². The topological polar surface area (TPSA) is 131 Å². The summed E-state index contributed by atoms with van der Waals surface area (Å²) in [5, 5.41) is 0.495. The molecule has 188 valence electrons. The van der Waals surface area contributed by atoms with Crippen LogP contribution in [0, 0.1) is 0 Å². The number of halogens is 1. The van der Waals surface area contributed by atoms with Gasteiger partial charge in [0.05, 0.1) is 24.6 Å². The maximum atomic E-state index is 13.1. The number of hydrogen-bond donors (Lipinski definition) is 2. The molecule has 0 amide bonds. The van der Waals surface area contributed by atoms with Crippen LogP contribution in [0.3, 0.4) is 0 Å². The molecule has 1 saturated heterocycles. The van der Waals surface area contributed by atoms with Gasteiger partial charge in [0, 0.05) is 35.8 Å². The zero-order chi connectivity index (χ0) is 25.3. The molecule has 3 heterocycles. The van der Waals surface area contributed by atoms with Crippen LogP contribution in [0.25, 0.3) is 11.0 Å². The van der Waals surface area contributed by atoms with Crippen LogP contribution in [0.15, 0.2) is 81.3 Å². The molecular formula is C23H21ClN4O6S2. The highest BCUT2D eigenvalue weighted by atomic mass is 35.5. The third-order valence-corrected chi connectivity index (χ3v) is 8.31. The van der Waals surface area contributed by atoms with Gasteiger partial charge in [-0.15, -0.1) is 0 Å². The number of fused-ring (bicyclic) bond motifs is 1. The fourth-order valence-electron chi connectivity index (χ4n) is 3.69. The lowest BCUT2D eigenvalue weighted by atomic mass is 10.3. The molecule has 10 nitrogen and oxygen atoms in total. The highest BCUT2D eigenvalue weighted by molar-refractivity contribution is 7.93. The summed E-state index contributed by atoms with van der Waals surface area (Å²) in [4.78, 5) is 6.19. The molecule has 1 aliphatic heterocycles. The SMILES string of the molecule is O=S(=O)(Nc1ccc(Cl)cc1NS(=O)(=O)c1cc2ccccc2o1)c1ccc(N2CCOCC2)nc1. The first kappa shape index (κ1) is 24.4. The summed E-state index contributed by atoms with van der Waals surface area (Å²) in [6.07, 6.45) is 1.25. The van der Waals surface area contributed by atoms with Crippen molar-refractivity contribution in [1.29, 1.82) is 0 Å². The first-order valence-corrected chi connectivity index (χ1v) is 14.2. The number of morpholine rings is 1. The molecule has 13 heteroatoms. The number of pyridine rings is 1. The Balaban J connectivity index is 1.40. The number of ether oxygens (including phenoxy) is 1. The molecule has 4 aromatic rings. The van der Waals surface area contributed by atoms with Gasteiger partial charge in [-0.1, -0.05) is 29.8 Å². The maximum absolute atomic E-state index is 13.1. The fourth-order valence-corrected chi connectivity index (χ4v) is 5.93. The van der Waals surface area contributed by atoms with E-state index in [9.17, 15) is 16.8 Å². The lowest BCUT2D eigenvalue weighted by Gasteiger charge is -2.27. The molecular weight excluding hydrogens is 528 g/mol. The third kappa shape index (κ3) is 5.12. The number of para-hydroxylation sites is 1.